The molecule has 1 aromatic rings. The zero-order chi connectivity index (χ0) is 9.52. The lowest BCUT2D eigenvalue weighted by Gasteiger charge is -2.12. The molecule has 0 radical (unpaired) electrons. The van der Waals surface area contributed by atoms with E-state index in [1.807, 2.05) is 6.08 Å². The van der Waals surface area contributed by atoms with E-state index >= 15 is 0 Å². The van der Waals surface area contributed by atoms with E-state index in [1.54, 1.807) is 11.3 Å². The molecule has 0 amide bonds. The van der Waals surface area contributed by atoms with Crippen LogP contribution in [0.1, 0.15) is 24.6 Å². The van der Waals surface area contributed by atoms with Crippen LogP contribution in [0.5, 0.6) is 0 Å². The fraction of sp³-hybridized carbons (Fsp3) is 0.455. The van der Waals surface area contributed by atoms with Gasteiger partial charge in [0, 0.05) is 17.5 Å². The minimum absolute atomic E-state index is 0.465. The summed E-state index contributed by atoms with van der Waals surface area (Å²) < 4.78 is 0. The van der Waals surface area contributed by atoms with Crippen LogP contribution in [0.2, 0.25) is 0 Å². The number of hydrogen-bond donors (Lipinski definition) is 1. The predicted molar refractivity (Wildman–Crippen MR) is 60.1 cm³/mol. The van der Waals surface area contributed by atoms with Gasteiger partial charge in [0.15, 0.2) is 0 Å². The van der Waals surface area contributed by atoms with E-state index in [2.05, 4.69) is 36.3 Å². The van der Waals surface area contributed by atoms with E-state index in [9.17, 15) is 0 Å². The van der Waals surface area contributed by atoms with Crippen LogP contribution in [0.15, 0.2) is 30.2 Å². The topological polar surface area (TPSA) is 12.0 Å². The highest BCUT2D eigenvalue weighted by molar-refractivity contribution is 7.09. The van der Waals surface area contributed by atoms with E-state index < -0.39 is 0 Å². The van der Waals surface area contributed by atoms with Crippen LogP contribution in [0, 0.1) is 0 Å². The summed E-state index contributed by atoms with van der Waals surface area (Å²) in [6, 6.07) is 4.71. The van der Waals surface area contributed by atoms with Gasteiger partial charge in [0.1, 0.15) is 0 Å². The monoisotopic (exact) mass is 195 g/mol. The van der Waals surface area contributed by atoms with Crippen molar-refractivity contribution in [2.45, 2.75) is 32.4 Å². The fourth-order valence-corrected chi connectivity index (χ4v) is 1.91. The third-order valence-electron chi connectivity index (χ3n) is 2.00. The molecule has 1 nitrogen and oxygen atoms in total. The number of rotatable bonds is 6. The molecular weight excluding hydrogens is 178 g/mol. The van der Waals surface area contributed by atoms with Crippen molar-refractivity contribution in [2.75, 3.05) is 0 Å². The molecule has 1 heterocycles. The van der Waals surface area contributed by atoms with Crippen molar-refractivity contribution < 1.29 is 0 Å². The summed E-state index contributed by atoms with van der Waals surface area (Å²) in [5, 5.41) is 5.58. The average molecular weight is 195 g/mol. The molecular formula is C11H17NS. The molecule has 0 fully saturated rings. The molecule has 0 saturated carbocycles. The van der Waals surface area contributed by atoms with Gasteiger partial charge in [0.2, 0.25) is 0 Å². The first-order valence-corrected chi connectivity index (χ1v) is 5.63. The van der Waals surface area contributed by atoms with Crippen LogP contribution >= 0.6 is 11.3 Å². The first-order valence-electron chi connectivity index (χ1n) is 4.75. The molecule has 72 valence electrons. The zero-order valence-corrected chi connectivity index (χ0v) is 8.94. The first kappa shape index (κ1) is 10.5. The summed E-state index contributed by atoms with van der Waals surface area (Å²) in [4.78, 5) is 1.39. The van der Waals surface area contributed by atoms with Crippen molar-refractivity contribution in [2.24, 2.45) is 0 Å². The van der Waals surface area contributed by atoms with Gasteiger partial charge in [-0.25, -0.2) is 0 Å². The van der Waals surface area contributed by atoms with Crippen LogP contribution in [0.25, 0.3) is 0 Å². The lowest BCUT2D eigenvalue weighted by Crippen LogP contribution is -2.25. The second kappa shape index (κ2) is 5.95. The Kier molecular flexibility index (Phi) is 4.79. The molecule has 0 spiro atoms. The Morgan fingerprint density at radius 2 is 2.54 bits per heavy atom. The van der Waals surface area contributed by atoms with E-state index in [4.69, 9.17) is 0 Å². The first-order chi connectivity index (χ1) is 6.36. The molecule has 1 atom stereocenters. The van der Waals surface area contributed by atoms with Gasteiger partial charge in [-0.3, -0.25) is 0 Å². The fourth-order valence-electron chi connectivity index (χ4n) is 1.26. The Labute approximate surface area is 84.5 Å². The minimum atomic E-state index is 0.465. The van der Waals surface area contributed by atoms with Gasteiger partial charge < -0.3 is 5.32 Å². The van der Waals surface area contributed by atoms with E-state index in [0.717, 1.165) is 6.54 Å². The van der Waals surface area contributed by atoms with Gasteiger partial charge in [-0.15, -0.1) is 17.9 Å². The third-order valence-corrected chi connectivity index (χ3v) is 2.88. The van der Waals surface area contributed by atoms with E-state index in [-0.39, 0.29) is 0 Å². The Hall–Kier alpha value is -0.600. The summed E-state index contributed by atoms with van der Waals surface area (Å²) in [5.74, 6) is 0. The van der Waals surface area contributed by atoms with Gasteiger partial charge in [-0.2, -0.15) is 0 Å². The van der Waals surface area contributed by atoms with Crippen molar-refractivity contribution >= 4 is 11.3 Å². The van der Waals surface area contributed by atoms with E-state index in [1.165, 1.54) is 17.7 Å². The molecule has 1 N–H and O–H groups in total. The van der Waals surface area contributed by atoms with Gasteiger partial charge >= 0.3 is 0 Å². The van der Waals surface area contributed by atoms with Crippen molar-refractivity contribution in [1.29, 1.82) is 0 Å². The molecule has 0 aromatic carbocycles. The lowest BCUT2D eigenvalue weighted by molar-refractivity contribution is 0.553. The molecule has 0 saturated heterocycles. The molecule has 13 heavy (non-hydrogen) atoms. The number of thiophene rings is 1. The van der Waals surface area contributed by atoms with Crippen molar-refractivity contribution in [3.8, 4) is 0 Å². The molecule has 2 heteroatoms. The Morgan fingerprint density at radius 3 is 3.08 bits per heavy atom. The highest BCUT2D eigenvalue weighted by Crippen LogP contribution is 2.08. The zero-order valence-electron chi connectivity index (χ0n) is 8.12. The van der Waals surface area contributed by atoms with Crippen LogP contribution in [0.4, 0.5) is 0 Å². The van der Waals surface area contributed by atoms with E-state index in [0.29, 0.717) is 6.04 Å². The normalized spacial score (nSPS) is 12.7. The van der Waals surface area contributed by atoms with Crippen molar-refractivity contribution in [3.05, 3.63) is 35.0 Å². The van der Waals surface area contributed by atoms with Crippen molar-refractivity contribution in [3.63, 3.8) is 0 Å². The summed E-state index contributed by atoms with van der Waals surface area (Å²) in [6.45, 7) is 6.98. The van der Waals surface area contributed by atoms with Crippen LogP contribution < -0.4 is 5.32 Å². The highest BCUT2D eigenvalue weighted by Gasteiger charge is 2.01. The molecule has 1 rings (SSSR count). The molecule has 0 bridgehead atoms. The van der Waals surface area contributed by atoms with Crippen LogP contribution in [0.3, 0.4) is 0 Å². The third kappa shape index (κ3) is 3.75. The maximum absolute atomic E-state index is 3.82. The summed E-state index contributed by atoms with van der Waals surface area (Å²) >= 11 is 1.80. The molecule has 0 aliphatic rings. The van der Waals surface area contributed by atoms with Gasteiger partial charge in [-0.1, -0.05) is 25.5 Å². The maximum atomic E-state index is 3.82. The summed E-state index contributed by atoms with van der Waals surface area (Å²) in [5.41, 5.74) is 0. The lowest BCUT2D eigenvalue weighted by atomic mass is 10.1. The standard InChI is InChI=1S/C11H17NS/c1-3-6-10(4-2)12-9-11-7-5-8-13-11/h4-5,7-8,10,12H,2-3,6,9H2,1H3/t10-/m1/s1. The number of hydrogen-bond acceptors (Lipinski definition) is 2. The Balaban J connectivity index is 2.27. The van der Waals surface area contributed by atoms with Crippen LogP contribution in [-0.4, -0.2) is 6.04 Å². The predicted octanol–water partition coefficient (Wildman–Crippen LogP) is 3.19. The summed E-state index contributed by atoms with van der Waals surface area (Å²) in [7, 11) is 0. The Morgan fingerprint density at radius 1 is 1.69 bits per heavy atom. The minimum Gasteiger partial charge on any atom is -0.306 e. The highest BCUT2D eigenvalue weighted by atomic mass is 32.1. The number of nitrogens with one attached hydrogen (secondary N) is 1. The quantitative estimate of drug-likeness (QED) is 0.687. The van der Waals surface area contributed by atoms with Crippen LogP contribution in [-0.2, 0) is 6.54 Å². The van der Waals surface area contributed by atoms with Crippen molar-refractivity contribution in [1.82, 2.24) is 5.32 Å². The second-order valence-electron chi connectivity index (χ2n) is 3.09. The Bertz CT molecular complexity index is 228. The summed E-state index contributed by atoms with van der Waals surface area (Å²) in [6.07, 6.45) is 4.38. The largest absolute Gasteiger partial charge is 0.306 e. The SMILES string of the molecule is C=C[C@H](CCC)NCc1cccs1. The van der Waals surface area contributed by atoms with Gasteiger partial charge in [0.25, 0.3) is 0 Å². The molecule has 1 aromatic heterocycles. The molecule has 0 aliphatic heterocycles. The average Bonchev–Trinajstić information content (AvgIpc) is 2.64. The van der Waals surface area contributed by atoms with Gasteiger partial charge in [0.05, 0.1) is 0 Å². The molecule has 0 aliphatic carbocycles. The maximum Gasteiger partial charge on any atom is 0.0305 e. The van der Waals surface area contributed by atoms with Gasteiger partial charge in [-0.05, 0) is 17.9 Å². The smallest absolute Gasteiger partial charge is 0.0305 e. The second-order valence-corrected chi connectivity index (χ2v) is 4.12. The molecule has 0 unspecified atom stereocenters.